The van der Waals surface area contributed by atoms with Crippen LogP contribution in [0.4, 0.5) is 5.69 Å². The summed E-state index contributed by atoms with van der Waals surface area (Å²) in [7, 11) is 0. The van der Waals surface area contributed by atoms with Crippen LogP contribution in [-0.2, 0) is 25.5 Å². The maximum absolute atomic E-state index is 13.3. The highest BCUT2D eigenvalue weighted by Gasteiger charge is 2.40. The molecule has 3 aliphatic rings. The third-order valence-corrected chi connectivity index (χ3v) is 6.59. The molecule has 29 heavy (non-hydrogen) atoms. The van der Waals surface area contributed by atoms with E-state index < -0.39 is 5.92 Å². The highest BCUT2D eigenvalue weighted by atomic mass is 16.5. The summed E-state index contributed by atoms with van der Waals surface area (Å²) in [5.74, 6) is -1.28. The van der Waals surface area contributed by atoms with E-state index in [0.717, 1.165) is 57.3 Å². The quantitative estimate of drug-likeness (QED) is 0.732. The van der Waals surface area contributed by atoms with Crippen LogP contribution in [0.2, 0.25) is 0 Å². The first-order valence-corrected chi connectivity index (χ1v) is 11.0. The van der Waals surface area contributed by atoms with Gasteiger partial charge in [0.05, 0.1) is 11.8 Å². The van der Waals surface area contributed by atoms with Crippen molar-refractivity contribution in [3.63, 3.8) is 0 Å². The number of anilines is 1. The zero-order valence-electron chi connectivity index (χ0n) is 17.0. The molecule has 0 N–H and O–H groups in total. The van der Waals surface area contributed by atoms with E-state index in [9.17, 15) is 14.4 Å². The maximum Gasteiger partial charge on any atom is 0.310 e. The number of fused-ring (bicyclic) bond motifs is 1. The third-order valence-electron chi connectivity index (χ3n) is 6.59. The van der Waals surface area contributed by atoms with Crippen LogP contribution in [0.25, 0.3) is 0 Å². The van der Waals surface area contributed by atoms with Crippen molar-refractivity contribution in [2.45, 2.75) is 51.4 Å². The lowest BCUT2D eigenvalue weighted by atomic mass is 9.78. The second-order valence-corrected chi connectivity index (χ2v) is 8.42. The number of carbonyl (C=O) groups excluding carboxylic acids is 3. The van der Waals surface area contributed by atoms with E-state index in [1.54, 1.807) is 4.90 Å². The molecule has 2 aliphatic heterocycles. The summed E-state index contributed by atoms with van der Waals surface area (Å²) in [6.07, 6.45) is 7.25. The van der Waals surface area contributed by atoms with Crippen molar-refractivity contribution in [3.8, 4) is 0 Å². The van der Waals surface area contributed by atoms with Crippen LogP contribution >= 0.6 is 0 Å². The number of carbonyl (C=O) groups is 3. The van der Waals surface area contributed by atoms with Crippen molar-refractivity contribution in [2.75, 3.05) is 31.1 Å². The molecule has 2 heterocycles. The van der Waals surface area contributed by atoms with Crippen molar-refractivity contribution < 1.29 is 19.1 Å². The molecule has 0 bridgehead atoms. The number of piperidine rings is 1. The Balaban J connectivity index is 1.39. The second-order valence-electron chi connectivity index (χ2n) is 8.42. The zero-order chi connectivity index (χ0) is 20.2. The molecule has 2 fully saturated rings. The number of amides is 2. The molecule has 6 nitrogen and oxygen atoms in total. The molecular weight excluding hydrogens is 368 g/mol. The van der Waals surface area contributed by atoms with E-state index in [2.05, 4.69) is 6.07 Å². The molecule has 2 unspecified atom stereocenters. The third kappa shape index (κ3) is 4.31. The van der Waals surface area contributed by atoms with Crippen molar-refractivity contribution >= 4 is 23.5 Å². The van der Waals surface area contributed by atoms with E-state index in [0.29, 0.717) is 19.4 Å². The van der Waals surface area contributed by atoms with E-state index in [1.165, 1.54) is 5.56 Å². The number of esters is 1. The molecule has 156 valence electrons. The fourth-order valence-corrected chi connectivity index (χ4v) is 4.95. The number of likely N-dealkylation sites (tertiary alicyclic amines) is 1. The van der Waals surface area contributed by atoms with Crippen molar-refractivity contribution in [3.05, 3.63) is 29.8 Å². The van der Waals surface area contributed by atoms with Crippen LogP contribution in [0.3, 0.4) is 0 Å². The summed E-state index contributed by atoms with van der Waals surface area (Å²) in [5, 5.41) is 0. The minimum atomic E-state index is -0.446. The number of hydrogen-bond acceptors (Lipinski definition) is 4. The van der Waals surface area contributed by atoms with Gasteiger partial charge in [-0.1, -0.05) is 31.0 Å². The summed E-state index contributed by atoms with van der Waals surface area (Å²) in [6, 6.07) is 7.98. The number of para-hydroxylation sites is 1. The van der Waals surface area contributed by atoms with Gasteiger partial charge in [-0.2, -0.15) is 0 Å². The zero-order valence-corrected chi connectivity index (χ0v) is 17.0. The molecule has 6 heteroatoms. The van der Waals surface area contributed by atoms with Crippen LogP contribution < -0.4 is 4.90 Å². The number of hydrogen-bond donors (Lipinski definition) is 0. The van der Waals surface area contributed by atoms with Gasteiger partial charge < -0.3 is 14.5 Å². The molecule has 0 aromatic heterocycles. The Kier molecular flexibility index (Phi) is 6.16. The average molecular weight is 399 g/mol. The molecule has 1 saturated heterocycles. The van der Waals surface area contributed by atoms with E-state index in [1.807, 2.05) is 23.1 Å². The smallest absolute Gasteiger partial charge is 0.310 e. The monoisotopic (exact) mass is 398 g/mol. The normalized spacial score (nSPS) is 24.1. The van der Waals surface area contributed by atoms with Gasteiger partial charge in [-0.25, -0.2) is 0 Å². The van der Waals surface area contributed by atoms with Crippen LogP contribution in [0.15, 0.2) is 24.3 Å². The number of nitrogens with zero attached hydrogens (tertiary/aromatic N) is 2. The first kappa shape index (κ1) is 19.9. The number of ether oxygens (including phenoxy) is 1. The van der Waals surface area contributed by atoms with Crippen LogP contribution in [0.5, 0.6) is 0 Å². The van der Waals surface area contributed by atoms with Gasteiger partial charge in [-0.3, -0.25) is 14.4 Å². The number of benzene rings is 1. The maximum atomic E-state index is 13.3. The Hall–Kier alpha value is -2.37. The summed E-state index contributed by atoms with van der Waals surface area (Å²) in [4.78, 5) is 42.0. The molecule has 1 aromatic rings. The topological polar surface area (TPSA) is 66.9 Å². The summed E-state index contributed by atoms with van der Waals surface area (Å²) < 4.78 is 5.41. The Bertz CT molecular complexity index is 772. The molecule has 1 aromatic carbocycles. The SMILES string of the molecule is O=C(OCC(=O)N1CCCCC1)C1CCCCC1C(=O)N1CCc2ccccc21. The Morgan fingerprint density at radius 3 is 2.41 bits per heavy atom. The predicted molar refractivity (Wildman–Crippen MR) is 109 cm³/mol. The lowest BCUT2D eigenvalue weighted by Gasteiger charge is -2.32. The highest BCUT2D eigenvalue weighted by molar-refractivity contribution is 5.99. The molecule has 0 spiro atoms. The van der Waals surface area contributed by atoms with Gasteiger partial charge in [-0.05, 0) is 50.2 Å². The van der Waals surface area contributed by atoms with Gasteiger partial charge in [0.25, 0.3) is 5.91 Å². The molecular formula is C23H30N2O4. The first-order valence-electron chi connectivity index (χ1n) is 11.0. The molecule has 4 rings (SSSR count). The van der Waals surface area contributed by atoms with Crippen molar-refractivity contribution in [1.29, 1.82) is 0 Å². The lowest BCUT2D eigenvalue weighted by molar-refractivity contribution is -0.159. The Morgan fingerprint density at radius 1 is 0.897 bits per heavy atom. The first-order chi connectivity index (χ1) is 14.1. The Labute approximate surface area is 172 Å². The second kappa shape index (κ2) is 8.97. The molecule has 1 saturated carbocycles. The van der Waals surface area contributed by atoms with E-state index >= 15 is 0 Å². The van der Waals surface area contributed by atoms with Crippen LogP contribution in [-0.4, -0.2) is 48.9 Å². The van der Waals surface area contributed by atoms with Gasteiger partial charge in [0.1, 0.15) is 0 Å². The summed E-state index contributed by atoms with van der Waals surface area (Å²) in [5.41, 5.74) is 2.15. The largest absolute Gasteiger partial charge is 0.455 e. The van der Waals surface area contributed by atoms with Gasteiger partial charge in [0, 0.05) is 25.3 Å². The van der Waals surface area contributed by atoms with Crippen LogP contribution in [0.1, 0.15) is 50.5 Å². The average Bonchev–Trinajstić information content (AvgIpc) is 3.21. The molecule has 2 amide bonds. The Morgan fingerprint density at radius 2 is 1.62 bits per heavy atom. The van der Waals surface area contributed by atoms with Gasteiger partial charge >= 0.3 is 5.97 Å². The van der Waals surface area contributed by atoms with Gasteiger partial charge in [0.2, 0.25) is 5.91 Å². The van der Waals surface area contributed by atoms with E-state index in [4.69, 9.17) is 4.74 Å². The van der Waals surface area contributed by atoms with Gasteiger partial charge in [0.15, 0.2) is 6.61 Å². The molecule has 0 radical (unpaired) electrons. The standard InChI is InChI=1S/C23H30N2O4/c26-21(24-13-6-1-7-14-24)16-29-23(28)19-10-4-3-9-18(19)22(27)25-15-12-17-8-2-5-11-20(17)25/h2,5,8,11,18-19H,1,3-4,6-7,9-10,12-16H2. The highest BCUT2D eigenvalue weighted by Crippen LogP contribution is 2.36. The van der Waals surface area contributed by atoms with Crippen LogP contribution in [0, 0.1) is 11.8 Å². The van der Waals surface area contributed by atoms with Crippen molar-refractivity contribution in [2.24, 2.45) is 11.8 Å². The lowest BCUT2D eigenvalue weighted by Crippen LogP contribution is -2.43. The minimum absolute atomic E-state index is 0.0268. The fourth-order valence-electron chi connectivity index (χ4n) is 4.95. The predicted octanol–water partition coefficient (Wildman–Crippen LogP) is 2.94. The van der Waals surface area contributed by atoms with Gasteiger partial charge in [-0.15, -0.1) is 0 Å². The van der Waals surface area contributed by atoms with Crippen molar-refractivity contribution in [1.82, 2.24) is 4.90 Å². The molecule has 1 aliphatic carbocycles. The summed E-state index contributed by atoms with van der Waals surface area (Å²) >= 11 is 0. The fraction of sp³-hybridized carbons (Fsp3) is 0.609. The van der Waals surface area contributed by atoms with E-state index in [-0.39, 0.29) is 30.3 Å². The number of rotatable bonds is 4. The summed E-state index contributed by atoms with van der Waals surface area (Å²) in [6.45, 7) is 1.96. The molecule has 2 atom stereocenters. The minimum Gasteiger partial charge on any atom is -0.455 e.